The molecule has 0 amide bonds. The lowest BCUT2D eigenvalue weighted by molar-refractivity contribution is -0.137. The molecule has 0 unspecified atom stereocenters. The van der Waals surface area contributed by atoms with Gasteiger partial charge in [0.2, 0.25) is 0 Å². The number of carboxylic acids is 1. The fraction of sp³-hybridized carbons (Fsp3) is 0.750. The molecule has 0 saturated heterocycles. The van der Waals surface area contributed by atoms with E-state index in [0.29, 0.717) is 12.8 Å². The molecular formula is C8H15NO3. The van der Waals surface area contributed by atoms with Gasteiger partial charge in [-0.25, -0.2) is 0 Å². The second kappa shape index (κ2) is 5.71. The van der Waals surface area contributed by atoms with Gasteiger partial charge in [0.25, 0.3) is 0 Å². The lowest BCUT2D eigenvalue weighted by atomic mass is 10.1. The molecule has 0 aliphatic heterocycles. The van der Waals surface area contributed by atoms with Gasteiger partial charge < -0.3 is 10.4 Å². The standard InChI is InChI=1S/C8H15NO3/c1-3-7(10)6(9-2)4-5-8(11)12/h6,9H,3-5H2,1-2H3,(H,11,12)/t6-/m1/s1. The van der Waals surface area contributed by atoms with Crippen LogP contribution in [-0.4, -0.2) is 29.9 Å². The minimum atomic E-state index is -0.862. The average molecular weight is 173 g/mol. The van der Waals surface area contributed by atoms with Crippen molar-refractivity contribution in [2.45, 2.75) is 32.2 Å². The van der Waals surface area contributed by atoms with Gasteiger partial charge in [0.05, 0.1) is 6.04 Å². The first-order valence-corrected chi connectivity index (χ1v) is 4.03. The highest BCUT2D eigenvalue weighted by Crippen LogP contribution is 2.00. The number of Topliss-reactive ketones (excluding diaryl/α,β-unsaturated/α-hetero) is 1. The molecule has 0 aliphatic rings. The van der Waals surface area contributed by atoms with Crippen molar-refractivity contribution in [2.24, 2.45) is 0 Å². The Labute approximate surface area is 72.0 Å². The third-order valence-corrected chi connectivity index (χ3v) is 1.73. The zero-order chi connectivity index (χ0) is 9.56. The van der Waals surface area contributed by atoms with E-state index in [1.165, 1.54) is 0 Å². The van der Waals surface area contributed by atoms with E-state index < -0.39 is 5.97 Å². The second-order valence-corrected chi connectivity index (χ2v) is 2.59. The second-order valence-electron chi connectivity index (χ2n) is 2.59. The van der Waals surface area contributed by atoms with Crippen LogP contribution in [0.1, 0.15) is 26.2 Å². The molecule has 4 nitrogen and oxygen atoms in total. The molecule has 0 saturated carbocycles. The van der Waals surface area contributed by atoms with E-state index in [9.17, 15) is 9.59 Å². The Bertz CT molecular complexity index is 168. The normalized spacial score (nSPS) is 12.5. The van der Waals surface area contributed by atoms with Crippen LogP contribution in [0.5, 0.6) is 0 Å². The van der Waals surface area contributed by atoms with Gasteiger partial charge in [0.15, 0.2) is 0 Å². The van der Waals surface area contributed by atoms with E-state index in [1.807, 2.05) is 0 Å². The van der Waals surface area contributed by atoms with E-state index in [4.69, 9.17) is 5.11 Å². The molecule has 12 heavy (non-hydrogen) atoms. The first-order valence-electron chi connectivity index (χ1n) is 4.03. The summed E-state index contributed by atoms with van der Waals surface area (Å²) in [5, 5.41) is 11.2. The Kier molecular flexibility index (Phi) is 5.28. The predicted octanol–water partition coefficient (Wildman–Crippen LogP) is 0.418. The van der Waals surface area contributed by atoms with Crippen LogP contribution in [-0.2, 0) is 9.59 Å². The number of carbonyl (C=O) groups excluding carboxylic acids is 1. The van der Waals surface area contributed by atoms with Crippen molar-refractivity contribution < 1.29 is 14.7 Å². The zero-order valence-electron chi connectivity index (χ0n) is 7.46. The number of rotatable bonds is 6. The highest BCUT2D eigenvalue weighted by Gasteiger charge is 2.14. The van der Waals surface area contributed by atoms with Gasteiger partial charge in [0.1, 0.15) is 5.78 Å². The number of ketones is 1. The van der Waals surface area contributed by atoms with Gasteiger partial charge in [-0.3, -0.25) is 9.59 Å². The number of nitrogens with one attached hydrogen (secondary N) is 1. The van der Waals surface area contributed by atoms with Crippen LogP contribution in [0.3, 0.4) is 0 Å². The summed E-state index contributed by atoms with van der Waals surface area (Å²) in [6.07, 6.45) is 0.862. The van der Waals surface area contributed by atoms with Gasteiger partial charge in [0, 0.05) is 12.8 Å². The molecular weight excluding hydrogens is 158 g/mol. The van der Waals surface area contributed by atoms with Crippen LogP contribution < -0.4 is 5.32 Å². The molecule has 1 atom stereocenters. The van der Waals surface area contributed by atoms with Crippen molar-refractivity contribution in [1.29, 1.82) is 0 Å². The number of carbonyl (C=O) groups is 2. The molecule has 0 aliphatic carbocycles. The number of likely N-dealkylation sites (N-methyl/N-ethyl adjacent to an activating group) is 1. The Morgan fingerprint density at radius 1 is 1.50 bits per heavy atom. The molecule has 0 aromatic heterocycles. The highest BCUT2D eigenvalue weighted by molar-refractivity contribution is 5.84. The van der Waals surface area contributed by atoms with Crippen molar-refractivity contribution in [1.82, 2.24) is 5.32 Å². The van der Waals surface area contributed by atoms with E-state index >= 15 is 0 Å². The third kappa shape index (κ3) is 4.08. The molecule has 70 valence electrons. The quantitative estimate of drug-likeness (QED) is 0.610. The lowest BCUT2D eigenvalue weighted by Crippen LogP contribution is -2.34. The Hall–Kier alpha value is -0.900. The van der Waals surface area contributed by atoms with Crippen LogP contribution in [0, 0.1) is 0 Å². The summed E-state index contributed by atoms with van der Waals surface area (Å²) >= 11 is 0. The molecule has 0 fully saturated rings. The summed E-state index contributed by atoms with van der Waals surface area (Å²) in [6, 6.07) is -0.300. The Morgan fingerprint density at radius 3 is 2.42 bits per heavy atom. The van der Waals surface area contributed by atoms with Crippen LogP contribution in [0.2, 0.25) is 0 Å². The molecule has 0 bridgehead atoms. The predicted molar refractivity (Wildman–Crippen MR) is 45.0 cm³/mol. The van der Waals surface area contributed by atoms with E-state index in [1.54, 1.807) is 14.0 Å². The SMILES string of the molecule is CCC(=O)[C@@H](CCC(=O)O)NC. The summed E-state index contributed by atoms with van der Waals surface area (Å²) in [5.41, 5.74) is 0. The lowest BCUT2D eigenvalue weighted by Gasteiger charge is -2.11. The fourth-order valence-electron chi connectivity index (χ4n) is 0.981. The van der Waals surface area contributed by atoms with E-state index in [-0.39, 0.29) is 18.2 Å². The average Bonchev–Trinajstić information content (AvgIpc) is 2.04. The Morgan fingerprint density at radius 2 is 2.08 bits per heavy atom. The van der Waals surface area contributed by atoms with Crippen molar-refractivity contribution in [3.8, 4) is 0 Å². The van der Waals surface area contributed by atoms with Crippen LogP contribution >= 0.6 is 0 Å². The number of carboxylic acid groups (broad SMARTS) is 1. The molecule has 0 heterocycles. The van der Waals surface area contributed by atoms with Gasteiger partial charge in [-0.1, -0.05) is 6.92 Å². The number of hydrogen-bond donors (Lipinski definition) is 2. The molecule has 0 spiro atoms. The van der Waals surface area contributed by atoms with Gasteiger partial charge in [-0.05, 0) is 13.5 Å². The maximum absolute atomic E-state index is 11.1. The molecule has 4 heteroatoms. The fourth-order valence-corrected chi connectivity index (χ4v) is 0.981. The molecule has 0 aromatic carbocycles. The van der Waals surface area contributed by atoms with E-state index in [0.717, 1.165) is 0 Å². The van der Waals surface area contributed by atoms with Crippen molar-refractivity contribution in [3.63, 3.8) is 0 Å². The van der Waals surface area contributed by atoms with Crippen LogP contribution in [0.25, 0.3) is 0 Å². The van der Waals surface area contributed by atoms with Gasteiger partial charge in [-0.2, -0.15) is 0 Å². The first kappa shape index (κ1) is 11.1. The maximum atomic E-state index is 11.1. The van der Waals surface area contributed by atoms with Gasteiger partial charge >= 0.3 is 5.97 Å². The minimum absolute atomic E-state index is 0.0389. The van der Waals surface area contributed by atoms with Crippen LogP contribution in [0.4, 0.5) is 0 Å². The van der Waals surface area contributed by atoms with Crippen molar-refractivity contribution in [2.75, 3.05) is 7.05 Å². The largest absolute Gasteiger partial charge is 0.481 e. The van der Waals surface area contributed by atoms with Gasteiger partial charge in [-0.15, -0.1) is 0 Å². The minimum Gasteiger partial charge on any atom is -0.481 e. The molecule has 0 aromatic rings. The Balaban J connectivity index is 3.83. The number of aliphatic carboxylic acids is 1. The summed E-state index contributed by atoms with van der Waals surface area (Å²) in [7, 11) is 1.67. The summed E-state index contributed by atoms with van der Waals surface area (Å²) in [6.45, 7) is 1.77. The van der Waals surface area contributed by atoms with Crippen molar-refractivity contribution in [3.05, 3.63) is 0 Å². The summed E-state index contributed by atoms with van der Waals surface area (Å²) < 4.78 is 0. The molecule has 0 radical (unpaired) electrons. The molecule has 0 rings (SSSR count). The van der Waals surface area contributed by atoms with Crippen molar-refractivity contribution >= 4 is 11.8 Å². The third-order valence-electron chi connectivity index (χ3n) is 1.73. The monoisotopic (exact) mass is 173 g/mol. The maximum Gasteiger partial charge on any atom is 0.303 e. The molecule has 2 N–H and O–H groups in total. The number of hydrogen-bond acceptors (Lipinski definition) is 3. The van der Waals surface area contributed by atoms with Crippen LogP contribution in [0.15, 0.2) is 0 Å². The first-order chi connectivity index (χ1) is 5.61. The highest BCUT2D eigenvalue weighted by atomic mass is 16.4. The van der Waals surface area contributed by atoms with E-state index in [2.05, 4.69) is 5.32 Å². The smallest absolute Gasteiger partial charge is 0.303 e. The summed E-state index contributed by atoms with van der Waals surface area (Å²) in [5.74, 6) is -0.794. The zero-order valence-corrected chi connectivity index (χ0v) is 7.46. The summed E-state index contributed by atoms with van der Waals surface area (Å²) in [4.78, 5) is 21.3. The topological polar surface area (TPSA) is 66.4 Å².